The molecule has 0 radical (unpaired) electrons. The average molecular weight is 180 g/mol. The molecule has 74 valence electrons. The molecule has 1 heteroatoms. The first-order chi connectivity index (χ1) is 6.38. The van der Waals surface area contributed by atoms with Gasteiger partial charge in [-0.05, 0) is 19.3 Å². The number of hydrogen-bond acceptors (Lipinski definition) is 0. The van der Waals surface area contributed by atoms with Gasteiger partial charge in [0.25, 0.3) is 0 Å². The van der Waals surface area contributed by atoms with E-state index in [4.69, 9.17) is 0 Å². The molecule has 2 atom stereocenters. The predicted octanol–water partition coefficient (Wildman–Crippen LogP) is 2.69. The molecule has 0 aromatic heterocycles. The van der Waals surface area contributed by atoms with Crippen molar-refractivity contribution in [1.29, 1.82) is 0 Å². The highest BCUT2D eigenvalue weighted by atomic mass is 15.0. The summed E-state index contributed by atoms with van der Waals surface area (Å²) < 4.78 is 2.60. The van der Waals surface area contributed by atoms with E-state index in [9.17, 15) is 0 Å². The topological polar surface area (TPSA) is 3.01 Å². The smallest absolute Gasteiger partial charge is 0.145 e. The fourth-order valence-corrected chi connectivity index (χ4v) is 2.85. The van der Waals surface area contributed by atoms with Crippen LogP contribution in [0.4, 0.5) is 0 Å². The first kappa shape index (κ1) is 9.23. The van der Waals surface area contributed by atoms with Gasteiger partial charge in [0.2, 0.25) is 0 Å². The SMILES string of the molecule is CCCC[N+]1=C[C@H]2CCC[C@@H](C2)C1. The molecule has 0 unspecified atom stereocenters. The van der Waals surface area contributed by atoms with Crippen molar-refractivity contribution in [3.05, 3.63) is 0 Å². The molecular formula is C12H22N+. The summed E-state index contributed by atoms with van der Waals surface area (Å²) in [5.41, 5.74) is 0. The number of rotatable bonds is 3. The van der Waals surface area contributed by atoms with Gasteiger partial charge in [0.05, 0.1) is 0 Å². The highest BCUT2D eigenvalue weighted by molar-refractivity contribution is 5.56. The van der Waals surface area contributed by atoms with Crippen LogP contribution >= 0.6 is 0 Å². The fraction of sp³-hybridized carbons (Fsp3) is 0.917. The van der Waals surface area contributed by atoms with Crippen molar-refractivity contribution in [2.45, 2.75) is 45.4 Å². The highest BCUT2D eigenvalue weighted by Crippen LogP contribution is 2.30. The molecule has 0 saturated heterocycles. The number of fused-ring (bicyclic) bond motifs is 2. The van der Waals surface area contributed by atoms with E-state index in [1.54, 1.807) is 0 Å². The summed E-state index contributed by atoms with van der Waals surface area (Å²) >= 11 is 0. The van der Waals surface area contributed by atoms with Crippen molar-refractivity contribution in [2.75, 3.05) is 13.1 Å². The first-order valence-corrected chi connectivity index (χ1v) is 5.97. The van der Waals surface area contributed by atoms with Crippen LogP contribution in [0.2, 0.25) is 0 Å². The minimum atomic E-state index is 0.935. The summed E-state index contributed by atoms with van der Waals surface area (Å²) in [5, 5.41) is 0. The molecule has 2 aliphatic rings. The van der Waals surface area contributed by atoms with E-state index in [0.29, 0.717) is 0 Å². The third-order valence-corrected chi connectivity index (χ3v) is 3.54. The van der Waals surface area contributed by atoms with E-state index < -0.39 is 0 Å². The molecule has 1 heterocycles. The number of unbranched alkanes of at least 4 members (excludes halogenated alkanes) is 1. The Balaban J connectivity index is 1.92. The Hall–Kier alpha value is -0.330. The number of hydrogen-bond donors (Lipinski definition) is 0. The van der Waals surface area contributed by atoms with Crippen LogP contribution < -0.4 is 0 Å². The summed E-state index contributed by atoms with van der Waals surface area (Å²) in [4.78, 5) is 0. The maximum absolute atomic E-state index is 2.60. The maximum Gasteiger partial charge on any atom is 0.145 e. The van der Waals surface area contributed by atoms with E-state index in [1.807, 2.05) is 0 Å². The summed E-state index contributed by atoms with van der Waals surface area (Å²) in [6.45, 7) is 4.95. The van der Waals surface area contributed by atoms with Gasteiger partial charge in [0, 0.05) is 18.3 Å². The molecule has 0 spiro atoms. The van der Waals surface area contributed by atoms with Gasteiger partial charge in [-0.1, -0.05) is 19.8 Å². The van der Waals surface area contributed by atoms with Crippen molar-refractivity contribution < 1.29 is 4.58 Å². The zero-order valence-electron chi connectivity index (χ0n) is 8.84. The average Bonchev–Trinajstić information content (AvgIpc) is 2.14. The molecule has 1 nitrogen and oxygen atoms in total. The largest absolute Gasteiger partial charge is 0.239 e. The molecule has 1 aliphatic heterocycles. The van der Waals surface area contributed by atoms with Crippen LogP contribution in [-0.2, 0) is 0 Å². The van der Waals surface area contributed by atoms with Crippen molar-refractivity contribution >= 4 is 6.21 Å². The van der Waals surface area contributed by atoms with Crippen LogP contribution in [0.25, 0.3) is 0 Å². The van der Waals surface area contributed by atoms with Crippen LogP contribution in [-0.4, -0.2) is 23.9 Å². The molecule has 0 aromatic carbocycles. The van der Waals surface area contributed by atoms with Gasteiger partial charge < -0.3 is 0 Å². The summed E-state index contributed by atoms with van der Waals surface area (Å²) in [6, 6.07) is 0. The minimum absolute atomic E-state index is 0.935. The Morgan fingerprint density at radius 1 is 1.38 bits per heavy atom. The van der Waals surface area contributed by atoms with Gasteiger partial charge in [-0.2, -0.15) is 0 Å². The van der Waals surface area contributed by atoms with Crippen molar-refractivity contribution in [3.63, 3.8) is 0 Å². The zero-order valence-corrected chi connectivity index (χ0v) is 8.84. The van der Waals surface area contributed by atoms with Gasteiger partial charge >= 0.3 is 0 Å². The second-order valence-corrected chi connectivity index (χ2v) is 4.79. The Bertz CT molecular complexity index is 195. The van der Waals surface area contributed by atoms with E-state index in [0.717, 1.165) is 11.8 Å². The van der Waals surface area contributed by atoms with Crippen molar-refractivity contribution in [2.24, 2.45) is 11.8 Å². The molecule has 13 heavy (non-hydrogen) atoms. The van der Waals surface area contributed by atoms with Crippen LogP contribution in [0, 0.1) is 11.8 Å². The van der Waals surface area contributed by atoms with E-state index in [2.05, 4.69) is 17.7 Å². The Morgan fingerprint density at radius 3 is 3.08 bits per heavy atom. The van der Waals surface area contributed by atoms with Crippen LogP contribution in [0.3, 0.4) is 0 Å². The summed E-state index contributed by atoms with van der Waals surface area (Å²) in [7, 11) is 0. The molecule has 0 N–H and O–H groups in total. The molecule has 2 rings (SSSR count). The van der Waals surface area contributed by atoms with E-state index in [1.165, 1.54) is 51.6 Å². The molecule has 0 amide bonds. The lowest BCUT2D eigenvalue weighted by Crippen LogP contribution is -2.35. The standard InChI is InChI=1S/C12H22N/c1-2-3-7-13-9-11-5-4-6-12(8-11)10-13/h9,11-12H,2-8,10H2,1H3/q+1/t11-,12-/m0/s1. The van der Waals surface area contributed by atoms with Crippen LogP contribution in [0.5, 0.6) is 0 Å². The third-order valence-electron chi connectivity index (χ3n) is 3.54. The molecular weight excluding hydrogens is 158 g/mol. The molecule has 1 fully saturated rings. The van der Waals surface area contributed by atoms with Crippen molar-refractivity contribution in [3.8, 4) is 0 Å². The Kier molecular flexibility index (Phi) is 3.02. The van der Waals surface area contributed by atoms with Crippen LogP contribution in [0.15, 0.2) is 0 Å². The highest BCUT2D eigenvalue weighted by Gasteiger charge is 2.30. The normalized spacial score (nSPS) is 32.8. The molecule has 1 saturated carbocycles. The lowest BCUT2D eigenvalue weighted by atomic mass is 9.80. The van der Waals surface area contributed by atoms with Gasteiger partial charge in [-0.3, -0.25) is 0 Å². The van der Waals surface area contributed by atoms with Gasteiger partial charge in [-0.15, -0.1) is 0 Å². The Labute approximate surface area is 81.8 Å². The Morgan fingerprint density at radius 2 is 2.31 bits per heavy atom. The minimum Gasteiger partial charge on any atom is -0.239 e. The predicted molar refractivity (Wildman–Crippen MR) is 56.4 cm³/mol. The van der Waals surface area contributed by atoms with E-state index >= 15 is 0 Å². The van der Waals surface area contributed by atoms with E-state index in [-0.39, 0.29) is 0 Å². The van der Waals surface area contributed by atoms with Crippen molar-refractivity contribution in [1.82, 2.24) is 0 Å². The zero-order chi connectivity index (χ0) is 9.10. The molecule has 0 aromatic rings. The third kappa shape index (κ3) is 2.32. The maximum atomic E-state index is 2.60. The summed E-state index contributed by atoms with van der Waals surface area (Å²) in [6.07, 6.45) is 11.2. The molecule has 2 bridgehead atoms. The van der Waals surface area contributed by atoms with Gasteiger partial charge in [-0.25, -0.2) is 4.58 Å². The second-order valence-electron chi connectivity index (χ2n) is 4.79. The fourth-order valence-electron chi connectivity index (χ4n) is 2.85. The van der Waals surface area contributed by atoms with Gasteiger partial charge in [0.1, 0.15) is 19.3 Å². The lowest BCUT2D eigenvalue weighted by molar-refractivity contribution is -0.539. The second kappa shape index (κ2) is 4.26. The van der Waals surface area contributed by atoms with Gasteiger partial charge in [0.15, 0.2) is 0 Å². The first-order valence-electron chi connectivity index (χ1n) is 5.97. The quantitative estimate of drug-likeness (QED) is 0.587. The monoisotopic (exact) mass is 180 g/mol. The summed E-state index contributed by atoms with van der Waals surface area (Å²) in [5.74, 6) is 1.96. The lowest BCUT2D eigenvalue weighted by Gasteiger charge is -2.29. The van der Waals surface area contributed by atoms with Crippen LogP contribution in [0.1, 0.15) is 45.4 Å². The number of nitrogens with zero attached hydrogens (tertiary/aromatic N) is 1. The molecule has 1 aliphatic carbocycles.